The van der Waals surface area contributed by atoms with E-state index in [1.807, 2.05) is 31.2 Å². The van der Waals surface area contributed by atoms with Crippen LogP contribution < -0.4 is 14.4 Å². The monoisotopic (exact) mass is 374 g/mol. The molecule has 1 saturated heterocycles. The van der Waals surface area contributed by atoms with Gasteiger partial charge in [0, 0.05) is 25.2 Å². The highest BCUT2D eigenvalue weighted by Crippen LogP contribution is 2.26. The van der Waals surface area contributed by atoms with E-state index in [1.165, 1.54) is 0 Å². The SMILES string of the molecule is CCOc1ccc(N2CC(CNS(=O)(=O)c3ccccc3)CC2=O)cc1. The Labute approximate surface area is 153 Å². The average Bonchev–Trinajstić information content (AvgIpc) is 3.03. The van der Waals surface area contributed by atoms with Crippen molar-refractivity contribution in [2.45, 2.75) is 18.2 Å². The molecule has 1 unspecified atom stereocenters. The largest absolute Gasteiger partial charge is 0.494 e. The summed E-state index contributed by atoms with van der Waals surface area (Å²) in [5.74, 6) is 0.695. The first-order valence-corrected chi connectivity index (χ1v) is 10.1. The molecule has 1 N–H and O–H groups in total. The molecule has 0 saturated carbocycles. The summed E-state index contributed by atoms with van der Waals surface area (Å²) in [7, 11) is -3.56. The summed E-state index contributed by atoms with van der Waals surface area (Å²) in [6.45, 7) is 3.23. The van der Waals surface area contributed by atoms with Gasteiger partial charge in [-0.25, -0.2) is 13.1 Å². The zero-order valence-corrected chi connectivity index (χ0v) is 15.4. The number of benzene rings is 2. The van der Waals surface area contributed by atoms with Gasteiger partial charge in [-0.05, 0) is 49.2 Å². The van der Waals surface area contributed by atoms with Crippen molar-refractivity contribution in [3.05, 3.63) is 54.6 Å². The van der Waals surface area contributed by atoms with Gasteiger partial charge in [0.25, 0.3) is 0 Å². The third-order valence-corrected chi connectivity index (χ3v) is 5.72. The van der Waals surface area contributed by atoms with Gasteiger partial charge in [0.2, 0.25) is 15.9 Å². The Hall–Kier alpha value is -2.38. The van der Waals surface area contributed by atoms with E-state index in [0.717, 1.165) is 11.4 Å². The smallest absolute Gasteiger partial charge is 0.240 e. The standard InChI is InChI=1S/C19H22N2O4S/c1-2-25-17-10-8-16(9-11-17)21-14-15(12-19(21)22)13-20-26(23,24)18-6-4-3-5-7-18/h3-11,15,20H,2,12-14H2,1H3. The van der Waals surface area contributed by atoms with Crippen molar-refractivity contribution < 1.29 is 17.9 Å². The van der Waals surface area contributed by atoms with E-state index in [9.17, 15) is 13.2 Å². The summed E-state index contributed by atoms with van der Waals surface area (Å²) < 4.78 is 32.6. The van der Waals surface area contributed by atoms with Crippen LogP contribution in [0.3, 0.4) is 0 Å². The van der Waals surface area contributed by atoms with E-state index in [1.54, 1.807) is 35.2 Å². The van der Waals surface area contributed by atoms with Crippen molar-refractivity contribution in [3.8, 4) is 5.75 Å². The van der Waals surface area contributed by atoms with Crippen LogP contribution in [0, 0.1) is 5.92 Å². The number of sulfonamides is 1. The minimum absolute atomic E-state index is 0.00179. The van der Waals surface area contributed by atoms with Gasteiger partial charge in [0.1, 0.15) is 5.75 Å². The molecule has 26 heavy (non-hydrogen) atoms. The molecule has 1 atom stereocenters. The van der Waals surface area contributed by atoms with Crippen LogP contribution in [0.15, 0.2) is 59.5 Å². The quantitative estimate of drug-likeness (QED) is 0.808. The number of nitrogens with zero attached hydrogens (tertiary/aromatic N) is 1. The van der Waals surface area contributed by atoms with Crippen LogP contribution in [0.1, 0.15) is 13.3 Å². The molecule has 0 aliphatic carbocycles. The summed E-state index contributed by atoms with van der Waals surface area (Å²) in [6.07, 6.45) is 0.324. The van der Waals surface area contributed by atoms with E-state index >= 15 is 0 Å². The molecular formula is C19H22N2O4S. The molecule has 1 aliphatic heterocycles. The normalized spacial score (nSPS) is 17.5. The van der Waals surface area contributed by atoms with Crippen LogP contribution in [0.2, 0.25) is 0 Å². The van der Waals surface area contributed by atoms with E-state index in [0.29, 0.717) is 19.6 Å². The number of ether oxygens (including phenoxy) is 1. The molecule has 1 aliphatic rings. The number of hydrogen-bond acceptors (Lipinski definition) is 4. The first kappa shape index (κ1) is 18.4. The predicted octanol–water partition coefficient (Wildman–Crippen LogP) is 2.42. The first-order chi connectivity index (χ1) is 12.5. The van der Waals surface area contributed by atoms with Gasteiger partial charge in [-0.15, -0.1) is 0 Å². The van der Waals surface area contributed by atoms with Gasteiger partial charge in [0.05, 0.1) is 11.5 Å². The Balaban J connectivity index is 1.61. The molecule has 7 heteroatoms. The number of amides is 1. The highest BCUT2D eigenvalue weighted by atomic mass is 32.2. The molecule has 0 bridgehead atoms. The van der Waals surface area contributed by atoms with Crippen LogP contribution >= 0.6 is 0 Å². The van der Waals surface area contributed by atoms with Crippen molar-refractivity contribution in [2.24, 2.45) is 5.92 Å². The predicted molar refractivity (Wildman–Crippen MR) is 99.7 cm³/mol. The zero-order valence-electron chi connectivity index (χ0n) is 14.6. The number of carbonyl (C=O) groups excluding carboxylic acids is 1. The van der Waals surface area contributed by atoms with Gasteiger partial charge in [-0.2, -0.15) is 0 Å². The average molecular weight is 374 g/mol. The highest BCUT2D eigenvalue weighted by molar-refractivity contribution is 7.89. The summed E-state index contributed by atoms with van der Waals surface area (Å²) in [6, 6.07) is 15.6. The molecule has 0 spiro atoms. The van der Waals surface area contributed by atoms with Crippen LogP contribution in [-0.4, -0.2) is 34.0 Å². The van der Waals surface area contributed by atoms with Gasteiger partial charge < -0.3 is 9.64 Å². The minimum Gasteiger partial charge on any atom is -0.494 e. The molecule has 2 aromatic carbocycles. The van der Waals surface area contributed by atoms with Crippen LogP contribution in [-0.2, 0) is 14.8 Å². The number of nitrogens with one attached hydrogen (secondary N) is 1. The van der Waals surface area contributed by atoms with E-state index < -0.39 is 10.0 Å². The fourth-order valence-electron chi connectivity index (χ4n) is 2.97. The van der Waals surface area contributed by atoms with Crippen molar-refractivity contribution >= 4 is 21.6 Å². The van der Waals surface area contributed by atoms with Crippen molar-refractivity contribution in [1.82, 2.24) is 4.72 Å². The lowest BCUT2D eigenvalue weighted by Gasteiger charge is -2.17. The lowest BCUT2D eigenvalue weighted by atomic mass is 10.1. The zero-order chi connectivity index (χ0) is 18.6. The van der Waals surface area contributed by atoms with Gasteiger partial charge in [-0.1, -0.05) is 18.2 Å². The molecule has 1 amide bonds. The minimum atomic E-state index is -3.56. The molecule has 138 valence electrons. The second kappa shape index (κ2) is 7.88. The molecular weight excluding hydrogens is 352 g/mol. The third kappa shape index (κ3) is 4.23. The Kier molecular flexibility index (Phi) is 5.58. The number of hydrogen-bond donors (Lipinski definition) is 1. The maximum atomic E-state index is 12.3. The van der Waals surface area contributed by atoms with Gasteiger partial charge >= 0.3 is 0 Å². The molecule has 1 fully saturated rings. The maximum Gasteiger partial charge on any atom is 0.240 e. The lowest BCUT2D eigenvalue weighted by molar-refractivity contribution is -0.117. The van der Waals surface area contributed by atoms with Crippen LogP contribution in [0.4, 0.5) is 5.69 Å². The summed E-state index contributed by atoms with van der Waals surface area (Å²) in [5, 5.41) is 0. The van der Waals surface area contributed by atoms with Crippen molar-refractivity contribution in [2.75, 3.05) is 24.6 Å². The summed E-state index contributed by atoms with van der Waals surface area (Å²) >= 11 is 0. The molecule has 0 aromatic heterocycles. The molecule has 2 aromatic rings. The second-order valence-corrected chi connectivity index (χ2v) is 7.93. The van der Waals surface area contributed by atoms with Crippen LogP contribution in [0.5, 0.6) is 5.75 Å². The van der Waals surface area contributed by atoms with Gasteiger partial charge in [0.15, 0.2) is 0 Å². The molecule has 6 nitrogen and oxygen atoms in total. The molecule has 3 rings (SSSR count). The first-order valence-electron chi connectivity index (χ1n) is 8.57. The van der Waals surface area contributed by atoms with E-state index in [4.69, 9.17) is 4.74 Å². The topological polar surface area (TPSA) is 75.7 Å². The Morgan fingerprint density at radius 1 is 1.12 bits per heavy atom. The van der Waals surface area contributed by atoms with Gasteiger partial charge in [-0.3, -0.25) is 4.79 Å². The van der Waals surface area contributed by atoms with Crippen molar-refractivity contribution in [1.29, 1.82) is 0 Å². The Morgan fingerprint density at radius 2 is 1.81 bits per heavy atom. The fourth-order valence-corrected chi connectivity index (χ4v) is 4.10. The fraction of sp³-hybridized carbons (Fsp3) is 0.316. The second-order valence-electron chi connectivity index (χ2n) is 6.17. The third-order valence-electron chi connectivity index (χ3n) is 4.28. The van der Waals surface area contributed by atoms with E-state index in [2.05, 4.69) is 4.72 Å². The lowest BCUT2D eigenvalue weighted by Crippen LogP contribution is -2.31. The number of carbonyl (C=O) groups is 1. The molecule has 1 heterocycles. The summed E-state index contributed by atoms with van der Waals surface area (Å²) in [5.41, 5.74) is 0.798. The Morgan fingerprint density at radius 3 is 2.46 bits per heavy atom. The summed E-state index contributed by atoms with van der Waals surface area (Å²) in [4.78, 5) is 14.2. The van der Waals surface area contributed by atoms with E-state index in [-0.39, 0.29) is 23.3 Å². The Bertz CT molecular complexity index is 851. The molecule has 0 radical (unpaired) electrons. The van der Waals surface area contributed by atoms with Crippen LogP contribution in [0.25, 0.3) is 0 Å². The number of anilines is 1. The highest BCUT2D eigenvalue weighted by Gasteiger charge is 2.31. The number of rotatable bonds is 7. The van der Waals surface area contributed by atoms with Crippen molar-refractivity contribution in [3.63, 3.8) is 0 Å². The maximum absolute atomic E-state index is 12.3.